The highest BCUT2D eigenvalue weighted by molar-refractivity contribution is 5.97. The lowest BCUT2D eigenvalue weighted by Gasteiger charge is -2.28. The van der Waals surface area contributed by atoms with E-state index in [4.69, 9.17) is 4.74 Å². The predicted octanol–water partition coefficient (Wildman–Crippen LogP) is 3.70. The van der Waals surface area contributed by atoms with Crippen molar-refractivity contribution < 1.29 is 9.84 Å². The Bertz CT molecular complexity index is 871. The van der Waals surface area contributed by atoms with Gasteiger partial charge in [-0.15, -0.1) is 0 Å². The molecule has 0 aromatic heterocycles. The lowest BCUT2D eigenvalue weighted by atomic mass is 9.72. The van der Waals surface area contributed by atoms with Gasteiger partial charge in [0.05, 0.1) is 5.41 Å². The molecular weight excluding hydrogens is 248 g/mol. The quantitative estimate of drug-likeness (QED) is 0.782. The molecule has 2 nitrogen and oxygen atoms in total. The van der Waals surface area contributed by atoms with Crippen LogP contribution in [0.25, 0.3) is 16.8 Å². The molecule has 5 rings (SSSR count). The van der Waals surface area contributed by atoms with E-state index in [1.54, 1.807) is 12.1 Å². The Morgan fingerprint density at radius 2 is 2.10 bits per heavy atom. The van der Waals surface area contributed by atoms with Crippen molar-refractivity contribution in [1.82, 2.24) is 0 Å². The van der Waals surface area contributed by atoms with Crippen molar-refractivity contribution >= 4 is 16.8 Å². The summed E-state index contributed by atoms with van der Waals surface area (Å²) in [6.45, 7) is 0.671. The van der Waals surface area contributed by atoms with Crippen LogP contribution in [0.15, 0.2) is 54.1 Å². The number of allylic oxidation sites excluding steroid dienone is 3. The lowest BCUT2D eigenvalue weighted by molar-refractivity contribution is 0.318. The zero-order chi connectivity index (χ0) is 13.3. The van der Waals surface area contributed by atoms with Crippen molar-refractivity contribution in [3.05, 3.63) is 65.3 Å². The van der Waals surface area contributed by atoms with E-state index in [0.717, 1.165) is 11.1 Å². The summed E-state index contributed by atoms with van der Waals surface area (Å²) in [6, 6.07) is 7.58. The summed E-state index contributed by atoms with van der Waals surface area (Å²) in [5.41, 5.74) is 3.71. The molecule has 20 heavy (non-hydrogen) atoms. The predicted molar refractivity (Wildman–Crippen MR) is 79.0 cm³/mol. The molecule has 0 fully saturated rings. The van der Waals surface area contributed by atoms with Crippen molar-refractivity contribution in [2.75, 3.05) is 6.61 Å². The number of ether oxygens (including phenoxy) is 1. The Balaban J connectivity index is 1.97. The number of rotatable bonds is 0. The van der Waals surface area contributed by atoms with E-state index >= 15 is 0 Å². The Kier molecular flexibility index (Phi) is 1.63. The number of phenols is 1. The van der Waals surface area contributed by atoms with Gasteiger partial charge in [-0.05, 0) is 40.1 Å². The molecule has 1 N–H and O–H groups in total. The number of aromatic hydroxyl groups is 1. The maximum atomic E-state index is 9.68. The third-order valence-corrected chi connectivity index (χ3v) is 4.63. The van der Waals surface area contributed by atoms with Gasteiger partial charge in [-0.25, -0.2) is 0 Å². The van der Waals surface area contributed by atoms with E-state index in [1.165, 1.54) is 22.1 Å². The number of benzene rings is 2. The van der Waals surface area contributed by atoms with Gasteiger partial charge in [-0.3, -0.25) is 0 Å². The van der Waals surface area contributed by atoms with E-state index in [0.29, 0.717) is 12.4 Å². The van der Waals surface area contributed by atoms with Crippen LogP contribution >= 0.6 is 0 Å². The molecule has 1 aliphatic heterocycles. The van der Waals surface area contributed by atoms with Gasteiger partial charge in [0.1, 0.15) is 18.1 Å². The van der Waals surface area contributed by atoms with E-state index in [2.05, 4.69) is 30.4 Å². The molecule has 3 aliphatic rings. The summed E-state index contributed by atoms with van der Waals surface area (Å²) in [7, 11) is 0. The Hall–Kier alpha value is -2.48. The van der Waals surface area contributed by atoms with Crippen molar-refractivity contribution in [2.24, 2.45) is 0 Å². The van der Waals surface area contributed by atoms with E-state index < -0.39 is 0 Å². The van der Waals surface area contributed by atoms with Gasteiger partial charge in [0, 0.05) is 5.56 Å². The molecule has 1 heterocycles. The van der Waals surface area contributed by atoms with Crippen LogP contribution in [0.4, 0.5) is 0 Å². The second-order valence-corrected chi connectivity index (χ2v) is 5.64. The fourth-order valence-electron chi connectivity index (χ4n) is 3.70. The van der Waals surface area contributed by atoms with Crippen LogP contribution in [0.2, 0.25) is 0 Å². The molecule has 0 radical (unpaired) electrons. The minimum atomic E-state index is -0.0918. The monoisotopic (exact) mass is 260 g/mol. The largest absolute Gasteiger partial charge is 0.508 e. The number of hydrogen-bond acceptors (Lipinski definition) is 2. The van der Waals surface area contributed by atoms with Crippen LogP contribution in [0.1, 0.15) is 11.1 Å². The molecule has 0 saturated carbocycles. The summed E-state index contributed by atoms with van der Waals surface area (Å²) in [6.07, 6.45) is 10.9. The van der Waals surface area contributed by atoms with Crippen LogP contribution in [0.3, 0.4) is 0 Å². The van der Waals surface area contributed by atoms with E-state index in [1.807, 2.05) is 12.1 Å². The molecule has 1 unspecified atom stereocenters. The zero-order valence-electron chi connectivity index (χ0n) is 10.8. The maximum Gasteiger partial charge on any atom is 0.125 e. The summed E-state index contributed by atoms with van der Waals surface area (Å²) in [5.74, 6) is 1.23. The molecule has 0 saturated heterocycles. The molecule has 0 amide bonds. The Morgan fingerprint density at radius 1 is 1.15 bits per heavy atom. The average Bonchev–Trinajstić information content (AvgIpc) is 3.03. The zero-order valence-corrected chi connectivity index (χ0v) is 10.8. The average molecular weight is 260 g/mol. The third-order valence-electron chi connectivity index (χ3n) is 4.63. The minimum Gasteiger partial charge on any atom is -0.508 e. The Morgan fingerprint density at radius 3 is 3.05 bits per heavy atom. The van der Waals surface area contributed by atoms with Gasteiger partial charge in [0.15, 0.2) is 0 Å². The van der Waals surface area contributed by atoms with Crippen LogP contribution in [-0.4, -0.2) is 11.7 Å². The molecule has 2 heteroatoms. The highest BCUT2D eigenvalue weighted by atomic mass is 16.5. The van der Waals surface area contributed by atoms with Crippen LogP contribution < -0.4 is 4.74 Å². The molecule has 2 aromatic carbocycles. The third kappa shape index (κ3) is 1.02. The van der Waals surface area contributed by atoms with Crippen LogP contribution in [0, 0.1) is 0 Å². The second-order valence-electron chi connectivity index (χ2n) is 5.64. The van der Waals surface area contributed by atoms with Gasteiger partial charge in [0.2, 0.25) is 0 Å². The summed E-state index contributed by atoms with van der Waals surface area (Å²) in [4.78, 5) is 0. The summed E-state index contributed by atoms with van der Waals surface area (Å²) < 4.78 is 5.96. The highest BCUT2D eigenvalue weighted by Gasteiger charge is 2.46. The molecule has 0 bridgehead atoms. The highest BCUT2D eigenvalue weighted by Crippen LogP contribution is 2.53. The molecule has 2 aromatic rings. The van der Waals surface area contributed by atoms with E-state index in [9.17, 15) is 5.11 Å². The van der Waals surface area contributed by atoms with E-state index in [-0.39, 0.29) is 5.41 Å². The van der Waals surface area contributed by atoms with Crippen molar-refractivity contribution in [1.29, 1.82) is 0 Å². The van der Waals surface area contributed by atoms with Gasteiger partial charge in [-0.2, -0.15) is 0 Å². The first kappa shape index (κ1) is 10.3. The SMILES string of the molecule is Oc1ccc2c3c4c(cc2c1)OCC41C=CC=C1C=C3. The molecule has 1 spiro atoms. The fraction of sp³-hybridized carbons (Fsp3) is 0.111. The second kappa shape index (κ2) is 3.15. The van der Waals surface area contributed by atoms with Gasteiger partial charge in [0.25, 0.3) is 0 Å². The van der Waals surface area contributed by atoms with Gasteiger partial charge >= 0.3 is 0 Å². The van der Waals surface area contributed by atoms with Crippen molar-refractivity contribution in [3.8, 4) is 11.5 Å². The van der Waals surface area contributed by atoms with Crippen LogP contribution in [0.5, 0.6) is 11.5 Å². The molecule has 1 atom stereocenters. The first-order chi connectivity index (χ1) is 9.78. The maximum absolute atomic E-state index is 9.68. The summed E-state index contributed by atoms with van der Waals surface area (Å²) in [5, 5.41) is 11.9. The minimum absolute atomic E-state index is 0.0918. The van der Waals surface area contributed by atoms with Crippen LogP contribution in [-0.2, 0) is 5.41 Å². The standard InChI is InChI=1S/C18H12O2/c19-13-4-6-14-11(8-13)9-16-17-15(14)5-3-12-2-1-7-18(12,17)10-20-16/h1-9,19H,10H2. The van der Waals surface area contributed by atoms with Crippen molar-refractivity contribution in [3.63, 3.8) is 0 Å². The number of phenolic OH excluding ortho intramolecular Hbond substituents is 1. The molecule has 2 aliphatic carbocycles. The lowest BCUT2D eigenvalue weighted by Crippen LogP contribution is -2.27. The molecule has 96 valence electrons. The number of hydrogen-bond donors (Lipinski definition) is 1. The topological polar surface area (TPSA) is 29.5 Å². The summed E-state index contributed by atoms with van der Waals surface area (Å²) >= 11 is 0. The van der Waals surface area contributed by atoms with Crippen molar-refractivity contribution in [2.45, 2.75) is 5.41 Å². The first-order valence-corrected chi connectivity index (χ1v) is 6.79. The molecular formula is C18H12O2. The smallest absolute Gasteiger partial charge is 0.125 e. The Labute approximate surface area is 116 Å². The van der Waals surface area contributed by atoms with Gasteiger partial charge in [-0.1, -0.05) is 36.4 Å². The normalized spacial score (nSPS) is 24.5. The van der Waals surface area contributed by atoms with Gasteiger partial charge < -0.3 is 9.84 Å². The number of fused-ring (bicyclic) bond motifs is 2. The fourth-order valence-corrected chi connectivity index (χ4v) is 3.70. The first-order valence-electron chi connectivity index (χ1n) is 6.79.